The molecule has 0 saturated carbocycles. The van der Waals surface area contributed by atoms with Crippen molar-refractivity contribution in [2.75, 3.05) is 20.1 Å². The maximum atomic E-state index is 12.4. The molecule has 1 unspecified atom stereocenters. The number of cyclic esters (lactones) is 1. The molecule has 0 radical (unpaired) electrons. The Morgan fingerprint density at radius 1 is 1.28 bits per heavy atom. The number of hydrogen-bond acceptors (Lipinski definition) is 3. The van der Waals surface area contributed by atoms with Crippen molar-refractivity contribution in [2.45, 2.75) is 31.3 Å². The van der Waals surface area contributed by atoms with Crippen molar-refractivity contribution in [2.24, 2.45) is 0 Å². The number of nitrogens with zero attached hydrogens (tertiary/aromatic N) is 1. The number of carbonyl (C=O) groups is 1. The van der Waals surface area contributed by atoms with E-state index in [2.05, 4.69) is 24.1 Å². The van der Waals surface area contributed by atoms with Crippen LogP contribution in [-0.2, 0) is 14.9 Å². The fraction of sp³-hybridized carbons (Fsp3) is 0.533. The summed E-state index contributed by atoms with van der Waals surface area (Å²) in [4.78, 5) is 14.7. The topological polar surface area (TPSA) is 29.5 Å². The van der Waals surface area contributed by atoms with Crippen LogP contribution in [0.15, 0.2) is 24.3 Å². The lowest BCUT2D eigenvalue weighted by atomic mass is 9.69. The normalized spacial score (nSPS) is 26.8. The van der Waals surface area contributed by atoms with E-state index in [9.17, 15) is 4.79 Å². The molecular weight excluding hydrogens is 226 g/mol. The van der Waals surface area contributed by atoms with Crippen molar-refractivity contribution < 1.29 is 9.53 Å². The van der Waals surface area contributed by atoms with Gasteiger partial charge < -0.3 is 9.64 Å². The van der Waals surface area contributed by atoms with E-state index in [-0.39, 0.29) is 12.1 Å². The first-order chi connectivity index (χ1) is 8.63. The van der Waals surface area contributed by atoms with Crippen LogP contribution in [0.5, 0.6) is 0 Å². The first-order valence-corrected chi connectivity index (χ1v) is 6.62. The Kier molecular flexibility index (Phi) is 2.67. The van der Waals surface area contributed by atoms with Crippen LogP contribution in [0.4, 0.5) is 0 Å². The molecule has 0 aliphatic carbocycles. The van der Waals surface area contributed by atoms with Crippen LogP contribution in [-0.4, -0.2) is 31.0 Å². The Hall–Kier alpha value is -1.35. The van der Waals surface area contributed by atoms with Crippen molar-refractivity contribution in [3.05, 3.63) is 35.4 Å². The molecule has 1 aromatic rings. The molecule has 1 aromatic carbocycles. The highest BCUT2D eigenvalue weighted by Crippen LogP contribution is 2.44. The third-order valence-corrected chi connectivity index (χ3v) is 4.43. The van der Waals surface area contributed by atoms with Gasteiger partial charge in [-0.2, -0.15) is 0 Å². The molecule has 0 bridgehead atoms. The molecule has 0 amide bonds. The number of esters is 1. The first kappa shape index (κ1) is 11.7. The maximum absolute atomic E-state index is 12.4. The number of likely N-dealkylation sites (tertiary alicyclic amines) is 1. The van der Waals surface area contributed by atoms with E-state index < -0.39 is 5.41 Å². The van der Waals surface area contributed by atoms with E-state index >= 15 is 0 Å². The number of benzene rings is 1. The molecule has 1 saturated heterocycles. The molecular formula is C15H19NO2. The predicted octanol–water partition coefficient (Wildman–Crippen LogP) is 2.27. The molecule has 2 aliphatic heterocycles. The van der Waals surface area contributed by atoms with E-state index in [0.717, 1.165) is 25.9 Å². The predicted molar refractivity (Wildman–Crippen MR) is 69.4 cm³/mol. The third-order valence-electron chi connectivity index (χ3n) is 4.43. The van der Waals surface area contributed by atoms with Crippen molar-refractivity contribution in [3.63, 3.8) is 0 Å². The van der Waals surface area contributed by atoms with Crippen LogP contribution >= 0.6 is 0 Å². The molecule has 96 valence electrons. The average molecular weight is 245 g/mol. The first-order valence-electron chi connectivity index (χ1n) is 6.62. The van der Waals surface area contributed by atoms with E-state index in [1.165, 1.54) is 11.1 Å². The molecule has 3 nitrogen and oxygen atoms in total. The molecule has 0 N–H and O–H groups in total. The van der Waals surface area contributed by atoms with Crippen molar-refractivity contribution in [1.82, 2.24) is 4.90 Å². The van der Waals surface area contributed by atoms with Gasteiger partial charge in [-0.15, -0.1) is 0 Å². The Bertz CT molecular complexity index is 475. The van der Waals surface area contributed by atoms with Crippen LogP contribution in [0.1, 0.15) is 37.0 Å². The zero-order valence-corrected chi connectivity index (χ0v) is 11.0. The Labute approximate surface area is 108 Å². The van der Waals surface area contributed by atoms with Crippen LogP contribution in [0.25, 0.3) is 0 Å². The second kappa shape index (κ2) is 4.09. The van der Waals surface area contributed by atoms with Crippen molar-refractivity contribution in [1.29, 1.82) is 0 Å². The van der Waals surface area contributed by atoms with Crippen LogP contribution < -0.4 is 0 Å². The number of ether oxygens (including phenoxy) is 1. The van der Waals surface area contributed by atoms with Gasteiger partial charge in [-0.05, 0) is 51.0 Å². The van der Waals surface area contributed by atoms with Gasteiger partial charge in [-0.1, -0.05) is 24.3 Å². The van der Waals surface area contributed by atoms with Gasteiger partial charge in [0.15, 0.2) is 0 Å². The lowest BCUT2D eigenvalue weighted by Crippen LogP contribution is -2.49. The molecule has 18 heavy (non-hydrogen) atoms. The highest BCUT2D eigenvalue weighted by atomic mass is 16.5. The quantitative estimate of drug-likeness (QED) is 0.657. The molecule has 3 heteroatoms. The van der Waals surface area contributed by atoms with Crippen LogP contribution in [0.2, 0.25) is 0 Å². The molecule has 2 aliphatic rings. The van der Waals surface area contributed by atoms with Gasteiger partial charge in [0.1, 0.15) is 6.10 Å². The number of hydrogen-bond donors (Lipinski definition) is 0. The number of fused-ring (bicyclic) bond motifs is 2. The van der Waals surface area contributed by atoms with Gasteiger partial charge in [0.2, 0.25) is 0 Å². The Morgan fingerprint density at radius 2 is 1.94 bits per heavy atom. The van der Waals surface area contributed by atoms with E-state index in [4.69, 9.17) is 4.74 Å². The zero-order valence-electron chi connectivity index (χ0n) is 11.0. The minimum Gasteiger partial charge on any atom is -0.457 e. The summed E-state index contributed by atoms with van der Waals surface area (Å²) in [6, 6.07) is 8.26. The average Bonchev–Trinajstić information content (AvgIpc) is 2.39. The fourth-order valence-corrected chi connectivity index (χ4v) is 3.21. The highest BCUT2D eigenvalue weighted by Gasteiger charge is 2.48. The minimum atomic E-state index is -0.393. The van der Waals surface area contributed by atoms with Gasteiger partial charge in [-0.25, -0.2) is 0 Å². The lowest BCUT2D eigenvalue weighted by molar-refractivity contribution is -0.160. The third kappa shape index (κ3) is 1.57. The molecule has 0 aromatic heterocycles. The Balaban J connectivity index is 2.09. The second-order valence-electron chi connectivity index (χ2n) is 5.52. The molecule has 1 spiro atoms. The van der Waals surface area contributed by atoms with Gasteiger partial charge >= 0.3 is 5.97 Å². The summed E-state index contributed by atoms with van der Waals surface area (Å²) in [5, 5.41) is 0. The van der Waals surface area contributed by atoms with E-state index in [1.54, 1.807) is 0 Å². The molecule has 2 heterocycles. The molecule has 1 atom stereocenters. The fourth-order valence-electron chi connectivity index (χ4n) is 3.21. The summed E-state index contributed by atoms with van der Waals surface area (Å²) >= 11 is 0. The molecule has 3 rings (SSSR count). The van der Waals surface area contributed by atoms with Crippen LogP contribution in [0.3, 0.4) is 0 Å². The maximum Gasteiger partial charge on any atom is 0.317 e. The number of rotatable bonds is 0. The number of piperidine rings is 1. The van der Waals surface area contributed by atoms with Crippen molar-refractivity contribution in [3.8, 4) is 0 Å². The summed E-state index contributed by atoms with van der Waals surface area (Å²) in [6.45, 7) is 3.87. The van der Waals surface area contributed by atoms with Gasteiger partial charge in [-0.3, -0.25) is 4.79 Å². The van der Waals surface area contributed by atoms with E-state index in [1.807, 2.05) is 19.1 Å². The highest BCUT2D eigenvalue weighted by molar-refractivity contribution is 5.86. The van der Waals surface area contributed by atoms with Gasteiger partial charge in [0.25, 0.3) is 0 Å². The summed E-state index contributed by atoms with van der Waals surface area (Å²) < 4.78 is 5.58. The smallest absolute Gasteiger partial charge is 0.317 e. The molecule has 1 fully saturated rings. The lowest BCUT2D eigenvalue weighted by Gasteiger charge is -2.43. The summed E-state index contributed by atoms with van der Waals surface area (Å²) in [5.74, 6) is -0.0261. The largest absolute Gasteiger partial charge is 0.457 e. The summed E-state index contributed by atoms with van der Waals surface area (Å²) in [5.41, 5.74) is 1.99. The SMILES string of the molecule is CC1OC(=O)C2(CCN(C)CC2)c2ccccc21. The van der Waals surface area contributed by atoms with Gasteiger partial charge in [0.05, 0.1) is 5.41 Å². The second-order valence-corrected chi connectivity index (χ2v) is 5.52. The van der Waals surface area contributed by atoms with Crippen molar-refractivity contribution >= 4 is 5.97 Å². The monoisotopic (exact) mass is 245 g/mol. The number of carbonyl (C=O) groups excluding carboxylic acids is 1. The Morgan fingerprint density at radius 3 is 2.67 bits per heavy atom. The minimum absolute atomic E-state index is 0.0261. The van der Waals surface area contributed by atoms with Gasteiger partial charge in [0, 0.05) is 0 Å². The summed E-state index contributed by atoms with van der Waals surface area (Å²) in [7, 11) is 2.11. The standard InChI is InChI=1S/C15H19NO2/c1-11-12-5-3-4-6-13(12)15(14(17)18-11)7-9-16(2)10-8-15/h3-6,11H,7-10H2,1-2H3. The zero-order chi connectivity index (χ0) is 12.8. The van der Waals surface area contributed by atoms with Crippen LogP contribution in [0, 0.1) is 0 Å². The summed E-state index contributed by atoms with van der Waals surface area (Å²) in [6.07, 6.45) is 1.62. The van der Waals surface area contributed by atoms with E-state index in [0.29, 0.717) is 0 Å².